The molecule has 25 heteroatoms. The standard InChI is InChI=1S/C53H55N5O15S5/c1-7-23-57-44-19-16-39-32(2)26-37(76(65,66)67)27-41(39)49(44)52(3,4)47(57)21-12-34(43-18-11-35(31-54-43)51(59)55-30-33-9-14-36(15-10-33)56-74(60)61)13-22-48-53(5,6)50-42-28-38(77(68,69)70)29-46(78(71,72)73)40(42)17-20-45(50)58(48)24-8-25-75(62,63)64/h9-22,26-29,31,56H,7-8,23-25,30H2,1-6H3,(H5-,55,59,60,61,62,63,64,65,66,67,68,69,70,71,72,73). The summed E-state index contributed by atoms with van der Waals surface area (Å²) in [5.41, 5.74) is 4.37. The van der Waals surface area contributed by atoms with E-state index in [2.05, 4.69) is 14.6 Å². The van der Waals surface area contributed by atoms with Gasteiger partial charge >= 0.3 is 0 Å². The maximum atomic E-state index is 13.5. The fraction of sp³-hybridized carbons (Fsp3) is 0.264. The van der Waals surface area contributed by atoms with Gasteiger partial charge in [0.2, 0.25) is 5.69 Å². The summed E-state index contributed by atoms with van der Waals surface area (Å²) in [6.45, 7) is 11.9. The van der Waals surface area contributed by atoms with Crippen molar-refractivity contribution in [1.82, 2.24) is 10.3 Å². The second kappa shape index (κ2) is 21.3. The summed E-state index contributed by atoms with van der Waals surface area (Å²) in [5.74, 6) is -1.11. The number of hydrogen-bond acceptors (Lipinski definition) is 13. The van der Waals surface area contributed by atoms with E-state index in [0.717, 1.165) is 28.4 Å². The number of nitrogens with zero attached hydrogens (tertiary/aromatic N) is 3. The molecule has 2 aliphatic heterocycles. The lowest BCUT2D eigenvalue weighted by molar-refractivity contribution is -0.437. The number of anilines is 2. The van der Waals surface area contributed by atoms with Gasteiger partial charge in [-0.05, 0) is 133 Å². The highest BCUT2D eigenvalue weighted by Gasteiger charge is 2.46. The molecule has 1 unspecified atom stereocenters. The van der Waals surface area contributed by atoms with Crippen molar-refractivity contribution in [2.24, 2.45) is 0 Å². The van der Waals surface area contributed by atoms with Crippen molar-refractivity contribution in [3.05, 3.63) is 155 Å². The van der Waals surface area contributed by atoms with Gasteiger partial charge < -0.3 is 19.5 Å². The van der Waals surface area contributed by atoms with Crippen LogP contribution in [0.4, 0.5) is 17.1 Å². The lowest BCUT2D eigenvalue weighted by atomic mass is 9.78. The molecule has 3 heterocycles. The molecule has 6 N–H and O–H groups in total. The monoisotopic (exact) mass is 1160 g/mol. The zero-order valence-electron chi connectivity index (χ0n) is 42.9. The normalized spacial score (nSPS) is 16.6. The van der Waals surface area contributed by atoms with Crippen molar-refractivity contribution in [2.45, 2.75) is 86.4 Å². The molecule has 0 saturated heterocycles. The highest BCUT2D eigenvalue weighted by molar-refractivity contribution is 7.87. The Kier molecular flexibility index (Phi) is 15.7. The Morgan fingerprint density at radius 2 is 1.42 bits per heavy atom. The first-order chi connectivity index (χ1) is 36.3. The van der Waals surface area contributed by atoms with E-state index in [4.69, 9.17) is 4.98 Å². The third-order valence-electron chi connectivity index (χ3n) is 13.9. The van der Waals surface area contributed by atoms with Crippen LogP contribution in [0.3, 0.4) is 0 Å². The number of carbonyl (C=O) groups excluding carboxylic acids is 1. The molecular weight excluding hydrogens is 1110 g/mol. The maximum Gasteiger partial charge on any atom is 0.295 e. The zero-order chi connectivity index (χ0) is 57.1. The van der Waals surface area contributed by atoms with E-state index in [1.165, 1.54) is 24.4 Å². The quantitative estimate of drug-likeness (QED) is 0.0206. The van der Waals surface area contributed by atoms with Gasteiger partial charge in [0.15, 0.2) is 5.71 Å². The van der Waals surface area contributed by atoms with Crippen molar-refractivity contribution in [3.63, 3.8) is 0 Å². The second-order valence-corrected chi connectivity index (χ2v) is 26.4. The Labute approximate surface area is 454 Å². The van der Waals surface area contributed by atoms with Crippen LogP contribution in [0.15, 0.2) is 136 Å². The SMILES string of the molecule is CCC[N+]1=C(/C=C/C(=C/C=C2/N(CCCS(=O)(=O)O)c3ccc4c(S(=O)(=O)O)cc(S(=O)(=O)O)cc4c3C2(C)C)c2ccc(C(=O)NCc3ccc(NS(=O)[O-])cc3)cn2)C(C)(C)c2c1ccc1c(C)cc(S(=O)(=O)O)cc21. The number of pyridine rings is 1. The summed E-state index contributed by atoms with van der Waals surface area (Å²) in [6.07, 6.45) is 9.14. The van der Waals surface area contributed by atoms with Gasteiger partial charge in [-0.15, -0.1) is 0 Å². The smallest absolute Gasteiger partial charge is 0.295 e. The number of amides is 1. The predicted molar refractivity (Wildman–Crippen MR) is 296 cm³/mol. The number of fused-ring (bicyclic) bond motifs is 6. The molecule has 1 aromatic heterocycles. The van der Waals surface area contributed by atoms with Crippen LogP contribution in [0, 0.1) is 6.92 Å². The van der Waals surface area contributed by atoms with Crippen molar-refractivity contribution < 1.29 is 70.0 Å². The highest BCUT2D eigenvalue weighted by atomic mass is 32.2. The fourth-order valence-corrected chi connectivity index (χ4v) is 13.2. The van der Waals surface area contributed by atoms with Gasteiger partial charge in [0.1, 0.15) is 11.4 Å². The number of carbonyl (C=O) groups is 1. The van der Waals surface area contributed by atoms with E-state index >= 15 is 0 Å². The van der Waals surface area contributed by atoms with Crippen molar-refractivity contribution >= 4 is 108 Å². The minimum atomic E-state index is -5.08. The highest BCUT2D eigenvalue weighted by Crippen LogP contribution is 2.52. The van der Waals surface area contributed by atoms with Crippen LogP contribution in [0.5, 0.6) is 0 Å². The average molecular weight is 1160 g/mol. The predicted octanol–water partition coefficient (Wildman–Crippen LogP) is 7.96. The molecule has 8 rings (SSSR count). The number of benzene rings is 5. The molecule has 412 valence electrons. The zero-order valence-corrected chi connectivity index (χ0v) is 47.0. The number of aromatic nitrogens is 1. The van der Waals surface area contributed by atoms with Gasteiger partial charge in [-0.25, -0.2) is 0 Å². The van der Waals surface area contributed by atoms with Crippen LogP contribution in [-0.2, 0) is 69.1 Å². The lowest BCUT2D eigenvalue weighted by Gasteiger charge is -2.27. The molecule has 6 aromatic rings. The van der Waals surface area contributed by atoms with Crippen LogP contribution in [0.25, 0.3) is 27.1 Å². The van der Waals surface area contributed by atoms with E-state index in [-0.39, 0.29) is 40.7 Å². The number of aryl methyl sites for hydroxylation is 1. The van der Waals surface area contributed by atoms with E-state index in [9.17, 15) is 65.4 Å². The van der Waals surface area contributed by atoms with E-state index < -0.39 is 84.0 Å². The lowest BCUT2D eigenvalue weighted by Crippen LogP contribution is -2.28. The Morgan fingerprint density at radius 1 is 0.782 bits per heavy atom. The van der Waals surface area contributed by atoms with Crippen LogP contribution in [0.2, 0.25) is 0 Å². The van der Waals surface area contributed by atoms with Gasteiger partial charge in [-0.2, -0.15) is 38.2 Å². The molecule has 5 aromatic carbocycles. The average Bonchev–Trinajstić information content (AvgIpc) is 3.70. The second-order valence-electron chi connectivity index (χ2n) is 19.9. The third-order valence-corrected chi connectivity index (χ3v) is 17.7. The molecule has 0 spiro atoms. The minimum absolute atomic E-state index is 0.0379. The molecule has 1 atom stereocenters. The summed E-state index contributed by atoms with van der Waals surface area (Å²) in [5, 5.41) is 4.22. The first-order valence-corrected chi connectivity index (χ1v) is 31.1. The molecular formula is C53H55N5O15S5. The Balaban J connectivity index is 1.29. The number of nitrogens with one attached hydrogen (secondary N) is 2. The minimum Gasteiger partial charge on any atom is -0.755 e. The molecule has 2 aliphatic rings. The summed E-state index contributed by atoms with van der Waals surface area (Å²) >= 11 is -2.51. The Bertz CT molecular complexity index is 4100. The summed E-state index contributed by atoms with van der Waals surface area (Å²) in [4.78, 5) is 18.1. The van der Waals surface area contributed by atoms with Crippen LogP contribution in [-0.4, -0.2) is 101 Å². The molecule has 78 heavy (non-hydrogen) atoms. The van der Waals surface area contributed by atoms with Crippen LogP contribution < -0.4 is 14.9 Å². The van der Waals surface area contributed by atoms with E-state index in [1.807, 2.05) is 45.1 Å². The largest absolute Gasteiger partial charge is 0.755 e. The molecule has 20 nitrogen and oxygen atoms in total. The number of rotatable bonds is 18. The van der Waals surface area contributed by atoms with Gasteiger partial charge in [-0.1, -0.05) is 45.0 Å². The fourth-order valence-electron chi connectivity index (χ4n) is 10.4. The number of allylic oxidation sites excluding steroid dienone is 6. The van der Waals surface area contributed by atoms with Gasteiger partial charge in [0.05, 0.1) is 32.2 Å². The molecule has 0 fully saturated rings. The topological polar surface area (TPSA) is 318 Å². The van der Waals surface area contributed by atoms with Gasteiger partial charge in [0.25, 0.3) is 46.4 Å². The first kappa shape index (κ1) is 57.6. The van der Waals surface area contributed by atoms with Crippen LogP contribution >= 0.6 is 0 Å². The third kappa shape index (κ3) is 11.8. The summed E-state index contributed by atoms with van der Waals surface area (Å²) in [6, 6.07) is 21.0. The van der Waals surface area contributed by atoms with Crippen molar-refractivity contribution in [3.8, 4) is 0 Å². The molecule has 0 aliphatic carbocycles. The molecule has 0 radical (unpaired) electrons. The molecule has 1 amide bonds. The Morgan fingerprint density at radius 3 is 2.01 bits per heavy atom. The number of hydrogen-bond donors (Lipinski definition) is 6. The molecule has 0 bridgehead atoms. The van der Waals surface area contributed by atoms with Crippen LogP contribution in [0.1, 0.15) is 85.8 Å². The van der Waals surface area contributed by atoms with Gasteiger partial charge in [-0.3, -0.25) is 32.2 Å². The van der Waals surface area contributed by atoms with Crippen molar-refractivity contribution in [2.75, 3.05) is 28.5 Å². The van der Waals surface area contributed by atoms with Crippen molar-refractivity contribution in [1.29, 1.82) is 0 Å². The maximum absolute atomic E-state index is 13.5. The molecule has 0 saturated carbocycles. The first-order valence-electron chi connectivity index (χ1n) is 24.1. The Hall–Kier alpha value is -6.52. The van der Waals surface area contributed by atoms with Gasteiger partial charge in [0, 0.05) is 88.1 Å². The summed E-state index contributed by atoms with van der Waals surface area (Å²) in [7, 11) is -19.2. The summed E-state index contributed by atoms with van der Waals surface area (Å²) < 4.78 is 167. The van der Waals surface area contributed by atoms with E-state index in [1.54, 1.807) is 80.3 Å². The van der Waals surface area contributed by atoms with E-state index in [0.29, 0.717) is 69.4 Å².